The fraction of sp³-hybridized carbons (Fsp3) is 0.0526. The molecule has 0 unspecified atom stereocenters. The van der Waals surface area contributed by atoms with Crippen LogP contribution in [-0.4, -0.2) is 21.0 Å². The predicted molar refractivity (Wildman–Crippen MR) is 107 cm³/mol. The molecule has 28 heavy (non-hydrogen) atoms. The van der Waals surface area contributed by atoms with Crippen LogP contribution in [0.15, 0.2) is 46.3 Å². The molecule has 1 aromatic carbocycles. The average Bonchev–Trinajstić information content (AvgIpc) is 3.41. The quantitative estimate of drug-likeness (QED) is 0.439. The molecule has 0 fully saturated rings. The summed E-state index contributed by atoms with van der Waals surface area (Å²) in [7, 11) is 0. The van der Waals surface area contributed by atoms with E-state index in [9.17, 15) is 9.18 Å². The first-order chi connectivity index (χ1) is 13.6. The van der Waals surface area contributed by atoms with Crippen LogP contribution in [0.2, 0.25) is 0 Å². The zero-order chi connectivity index (χ0) is 19.3. The number of aromatic nitrogens is 3. The van der Waals surface area contributed by atoms with E-state index in [1.165, 1.54) is 34.8 Å². The van der Waals surface area contributed by atoms with Gasteiger partial charge in [-0.3, -0.25) is 10.1 Å². The Morgan fingerprint density at radius 1 is 1.21 bits per heavy atom. The molecule has 0 saturated carbocycles. The van der Waals surface area contributed by atoms with Crippen molar-refractivity contribution in [3.8, 4) is 10.6 Å². The Hall–Kier alpha value is -3.17. The maximum atomic E-state index is 13.4. The summed E-state index contributed by atoms with van der Waals surface area (Å²) in [5.74, 6) is -0.693. The Balaban J connectivity index is 1.58. The highest BCUT2D eigenvalue weighted by molar-refractivity contribution is 7.22. The van der Waals surface area contributed by atoms with Gasteiger partial charge in [0.15, 0.2) is 5.13 Å². The molecule has 0 spiro atoms. The van der Waals surface area contributed by atoms with E-state index in [1.807, 2.05) is 17.5 Å². The topological polar surface area (TPSA) is 80.9 Å². The van der Waals surface area contributed by atoms with Gasteiger partial charge in [-0.1, -0.05) is 22.6 Å². The SMILES string of the molecule is Cc1noc2nc(-c3cccs3)cc(C(=O)Nc3nc4ccc(F)cc4s3)c12. The minimum Gasteiger partial charge on any atom is -0.335 e. The van der Waals surface area contributed by atoms with E-state index in [4.69, 9.17) is 4.52 Å². The summed E-state index contributed by atoms with van der Waals surface area (Å²) in [6, 6.07) is 9.88. The van der Waals surface area contributed by atoms with Crippen LogP contribution >= 0.6 is 22.7 Å². The number of carbonyl (C=O) groups is 1. The Labute approximate surface area is 165 Å². The minimum absolute atomic E-state index is 0.305. The van der Waals surface area contributed by atoms with E-state index >= 15 is 0 Å². The molecule has 6 nitrogen and oxygen atoms in total. The number of rotatable bonds is 3. The Kier molecular flexibility index (Phi) is 3.92. The summed E-state index contributed by atoms with van der Waals surface area (Å²) < 4.78 is 19.4. The number of carbonyl (C=O) groups excluding carboxylic acids is 1. The summed E-state index contributed by atoms with van der Waals surface area (Å²) in [6.45, 7) is 1.76. The third-order valence-corrected chi connectivity index (χ3v) is 6.03. The fourth-order valence-corrected chi connectivity index (χ4v) is 4.51. The van der Waals surface area contributed by atoms with E-state index in [1.54, 1.807) is 19.1 Å². The number of aryl methyl sites for hydroxylation is 1. The van der Waals surface area contributed by atoms with Gasteiger partial charge < -0.3 is 4.52 Å². The van der Waals surface area contributed by atoms with Crippen molar-refractivity contribution in [2.75, 3.05) is 5.32 Å². The second kappa shape index (κ2) is 6.47. The molecule has 0 aliphatic rings. The van der Waals surface area contributed by atoms with Gasteiger partial charge in [0.2, 0.25) is 0 Å². The van der Waals surface area contributed by atoms with Gasteiger partial charge in [0.25, 0.3) is 11.6 Å². The van der Waals surface area contributed by atoms with Gasteiger partial charge >= 0.3 is 0 Å². The smallest absolute Gasteiger partial charge is 0.259 e. The number of anilines is 1. The lowest BCUT2D eigenvalue weighted by atomic mass is 10.1. The van der Waals surface area contributed by atoms with Crippen molar-refractivity contribution in [2.45, 2.75) is 6.92 Å². The monoisotopic (exact) mass is 410 g/mol. The standard InChI is InChI=1S/C19H11FN4O2S2/c1-9-16-11(8-13(14-3-2-6-27-14)21-18(16)26-24-9)17(25)23-19-22-12-5-4-10(20)7-15(12)28-19/h2-8H,1H3,(H,22,23,25). The molecular weight excluding hydrogens is 399 g/mol. The second-order valence-electron chi connectivity index (χ2n) is 6.07. The summed E-state index contributed by atoms with van der Waals surface area (Å²) >= 11 is 2.73. The number of halogens is 1. The molecule has 0 atom stereocenters. The number of fused-ring (bicyclic) bond motifs is 2. The third kappa shape index (κ3) is 2.85. The molecule has 9 heteroatoms. The van der Waals surface area contributed by atoms with Gasteiger partial charge in [-0.05, 0) is 42.6 Å². The largest absolute Gasteiger partial charge is 0.335 e. The summed E-state index contributed by atoms with van der Waals surface area (Å²) in [5, 5.41) is 9.63. The van der Waals surface area contributed by atoms with E-state index < -0.39 is 0 Å². The average molecular weight is 410 g/mol. The number of thiophene rings is 1. The van der Waals surface area contributed by atoms with Crippen molar-refractivity contribution < 1.29 is 13.7 Å². The van der Waals surface area contributed by atoms with Crippen LogP contribution in [0.5, 0.6) is 0 Å². The number of nitrogens with one attached hydrogen (secondary N) is 1. The van der Waals surface area contributed by atoms with Crippen molar-refractivity contribution in [1.82, 2.24) is 15.1 Å². The maximum absolute atomic E-state index is 13.4. The van der Waals surface area contributed by atoms with Gasteiger partial charge in [0.05, 0.1) is 37.4 Å². The molecule has 4 aromatic heterocycles. The third-order valence-electron chi connectivity index (χ3n) is 4.21. The number of hydrogen-bond acceptors (Lipinski definition) is 7. The van der Waals surface area contributed by atoms with E-state index in [2.05, 4.69) is 20.4 Å². The first-order valence-electron chi connectivity index (χ1n) is 8.27. The van der Waals surface area contributed by atoms with Crippen LogP contribution in [0.3, 0.4) is 0 Å². The highest BCUT2D eigenvalue weighted by atomic mass is 32.1. The number of amides is 1. The number of nitrogens with zero attached hydrogens (tertiary/aromatic N) is 3. The van der Waals surface area contributed by atoms with Crippen molar-refractivity contribution in [2.24, 2.45) is 0 Å². The molecule has 1 N–H and O–H groups in total. The maximum Gasteiger partial charge on any atom is 0.259 e. The molecule has 0 bridgehead atoms. The lowest BCUT2D eigenvalue weighted by Gasteiger charge is -2.05. The minimum atomic E-state index is -0.351. The summed E-state index contributed by atoms with van der Waals surface area (Å²) in [6.07, 6.45) is 0. The number of hydrogen-bond donors (Lipinski definition) is 1. The molecule has 5 aromatic rings. The van der Waals surface area contributed by atoms with E-state index in [0.29, 0.717) is 43.4 Å². The molecule has 4 heterocycles. The molecule has 0 aliphatic carbocycles. The molecular formula is C19H11FN4O2S2. The van der Waals surface area contributed by atoms with Crippen molar-refractivity contribution in [3.63, 3.8) is 0 Å². The van der Waals surface area contributed by atoms with Crippen LogP contribution in [0.1, 0.15) is 16.1 Å². The number of pyridine rings is 1. The van der Waals surface area contributed by atoms with Crippen LogP contribution in [0.4, 0.5) is 9.52 Å². The molecule has 0 saturated heterocycles. The van der Waals surface area contributed by atoms with Gasteiger partial charge in [0, 0.05) is 0 Å². The normalized spacial score (nSPS) is 11.4. The zero-order valence-corrected chi connectivity index (χ0v) is 16.0. The van der Waals surface area contributed by atoms with Gasteiger partial charge in [-0.2, -0.15) is 0 Å². The first-order valence-corrected chi connectivity index (χ1v) is 9.96. The predicted octanol–water partition coefficient (Wildman–Crippen LogP) is 5.26. The highest BCUT2D eigenvalue weighted by Crippen LogP contribution is 2.31. The van der Waals surface area contributed by atoms with Crippen LogP contribution in [0.25, 0.3) is 31.9 Å². The molecule has 0 radical (unpaired) electrons. The van der Waals surface area contributed by atoms with Crippen molar-refractivity contribution >= 4 is 55.0 Å². The van der Waals surface area contributed by atoms with Crippen molar-refractivity contribution in [1.29, 1.82) is 0 Å². The Morgan fingerprint density at radius 2 is 2.11 bits per heavy atom. The molecule has 1 amide bonds. The van der Waals surface area contributed by atoms with Crippen molar-refractivity contribution in [3.05, 3.63) is 58.9 Å². The Morgan fingerprint density at radius 3 is 2.93 bits per heavy atom. The molecule has 138 valence electrons. The van der Waals surface area contributed by atoms with Gasteiger partial charge in [-0.25, -0.2) is 14.4 Å². The van der Waals surface area contributed by atoms with E-state index in [-0.39, 0.29) is 11.7 Å². The first kappa shape index (κ1) is 17.0. The van der Waals surface area contributed by atoms with Gasteiger partial charge in [0.1, 0.15) is 5.82 Å². The zero-order valence-electron chi connectivity index (χ0n) is 14.4. The Bertz CT molecular complexity index is 1340. The van der Waals surface area contributed by atoms with Crippen LogP contribution in [0, 0.1) is 12.7 Å². The lowest BCUT2D eigenvalue weighted by molar-refractivity contribution is 0.102. The molecule has 0 aliphatic heterocycles. The number of benzene rings is 1. The summed E-state index contributed by atoms with van der Waals surface area (Å²) in [4.78, 5) is 22.8. The molecule has 5 rings (SSSR count). The summed E-state index contributed by atoms with van der Waals surface area (Å²) in [5.41, 5.74) is 2.55. The van der Waals surface area contributed by atoms with Crippen LogP contribution in [-0.2, 0) is 0 Å². The van der Waals surface area contributed by atoms with Crippen LogP contribution < -0.4 is 5.32 Å². The highest BCUT2D eigenvalue weighted by Gasteiger charge is 2.20. The van der Waals surface area contributed by atoms with Gasteiger partial charge in [-0.15, -0.1) is 11.3 Å². The number of thiazole rings is 1. The van der Waals surface area contributed by atoms with E-state index in [0.717, 1.165) is 4.88 Å². The lowest BCUT2D eigenvalue weighted by Crippen LogP contribution is -2.12. The fourth-order valence-electron chi connectivity index (χ4n) is 2.94. The second-order valence-corrected chi connectivity index (χ2v) is 8.04.